The highest BCUT2D eigenvalue weighted by Gasteiger charge is 2.20. The number of amides is 1. The number of nitrogens with zero attached hydrogens (tertiary/aromatic N) is 4. The summed E-state index contributed by atoms with van der Waals surface area (Å²) in [5, 5.41) is 14.7. The predicted molar refractivity (Wildman–Crippen MR) is 147 cm³/mol. The molecule has 0 bridgehead atoms. The van der Waals surface area contributed by atoms with Crippen molar-refractivity contribution in [2.24, 2.45) is 0 Å². The minimum Gasteiger partial charge on any atom is -0.493 e. The number of carbonyl (C=O) groups is 1. The van der Waals surface area contributed by atoms with E-state index in [1.165, 1.54) is 34.2 Å². The monoisotopic (exact) mass is 539 g/mol. The van der Waals surface area contributed by atoms with Crippen molar-refractivity contribution in [1.82, 2.24) is 19.7 Å². The van der Waals surface area contributed by atoms with Crippen LogP contribution in [0, 0.1) is 13.8 Å². The van der Waals surface area contributed by atoms with Crippen LogP contribution < -0.4 is 19.5 Å². The topological polar surface area (TPSA) is 100 Å². The van der Waals surface area contributed by atoms with Gasteiger partial charge in [-0.15, -0.1) is 21.5 Å². The number of methoxy groups -OCH3 is 3. The first-order chi connectivity index (χ1) is 17.9. The van der Waals surface area contributed by atoms with Gasteiger partial charge in [0.25, 0.3) is 0 Å². The summed E-state index contributed by atoms with van der Waals surface area (Å²) in [7, 11) is 4.70. The van der Waals surface area contributed by atoms with E-state index in [2.05, 4.69) is 46.5 Å². The van der Waals surface area contributed by atoms with Gasteiger partial charge in [0.1, 0.15) is 0 Å². The van der Waals surface area contributed by atoms with Crippen molar-refractivity contribution in [1.29, 1.82) is 0 Å². The molecule has 0 aliphatic heterocycles. The molecule has 0 unspecified atom stereocenters. The van der Waals surface area contributed by atoms with Gasteiger partial charge in [0.15, 0.2) is 27.6 Å². The fraction of sp³-hybridized carbons (Fsp3) is 0.308. The molecule has 0 fully saturated rings. The lowest BCUT2D eigenvalue weighted by Crippen LogP contribution is -2.14. The highest BCUT2D eigenvalue weighted by molar-refractivity contribution is 7.99. The molecular formula is C26H29N5O4S2. The number of benzene rings is 2. The lowest BCUT2D eigenvalue weighted by molar-refractivity contribution is -0.113. The normalized spacial score (nSPS) is 10.9. The van der Waals surface area contributed by atoms with Gasteiger partial charge in [0, 0.05) is 23.1 Å². The summed E-state index contributed by atoms with van der Waals surface area (Å²) in [5.74, 6) is 2.21. The molecule has 0 radical (unpaired) electrons. The van der Waals surface area contributed by atoms with Crippen molar-refractivity contribution in [3.05, 3.63) is 46.8 Å². The molecule has 2 heterocycles. The number of thiazole rings is 1. The third-order valence-corrected chi connectivity index (χ3v) is 7.57. The van der Waals surface area contributed by atoms with E-state index in [9.17, 15) is 4.79 Å². The van der Waals surface area contributed by atoms with Crippen molar-refractivity contribution in [2.75, 3.05) is 32.4 Å². The van der Waals surface area contributed by atoms with E-state index in [0.29, 0.717) is 39.9 Å². The smallest absolute Gasteiger partial charge is 0.236 e. The van der Waals surface area contributed by atoms with E-state index < -0.39 is 0 Å². The molecule has 0 spiro atoms. The third kappa shape index (κ3) is 5.72. The molecule has 37 heavy (non-hydrogen) atoms. The number of hydrogen-bond donors (Lipinski definition) is 1. The van der Waals surface area contributed by atoms with Gasteiger partial charge in [-0.25, -0.2) is 4.98 Å². The SMILES string of the molecule is CCn1c(SCC(=O)Nc2nc(-c3ccc(C)c(C)c3)cs2)nnc1-c1cc(OC)c(OC)c(OC)c1. The summed E-state index contributed by atoms with van der Waals surface area (Å²) in [6.07, 6.45) is 0. The molecule has 4 aromatic rings. The zero-order chi connectivity index (χ0) is 26.5. The van der Waals surface area contributed by atoms with Crippen molar-refractivity contribution < 1.29 is 19.0 Å². The Hall–Kier alpha value is -3.57. The maximum absolute atomic E-state index is 12.7. The fourth-order valence-corrected chi connectivity index (χ4v) is 5.29. The van der Waals surface area contributed by atoms with Gasteiger partial charge in [0.2, 0.25) is 11.7 Å². The average molecular weight is 540 g/mol. The lowest BCUT2D eigenvalue weighted by Gasteiger charge is -2.14. The standard InChI is InChI=1S/C26H29N5O4S2/c1-7-31-24(18-11-20(33-4)23(35-6)21(12-18)34-5)29-30-26(31)37-14-22(32)28-25-27-19(13-36-25)17-9-8-15(2)16(3)10-17/h8-13H,7,14H2,1-6H3,(H,27,28,32). The number of thioether (sulfide) groups is 1. The molecule has 11 heteroatoms. The van der Waals surface area contributed by atoms with Gasteiger partial charge in [-0.05, 0) is 50.1 Å². The van der Waals surface area contributed by atoms with Gasteiger partial charge >= 0.3 is 0 Å². The molecule has 4 rings (SSSR count). The van der Waals surface area contributed by atoms with Crippen molar-refractivity contribution >= 4 is 34.1 Å². The second kappa shape index (κ2) is 11.7. The predicted octanol–water partition coefficient (Wildman–Crippen LogP) is 5.46. The van der Waals surface area contributed by atoms with Crippen molar-refractivity contribution in [3.63, 3.8) is 0 Å². The van der Waals surface area contributed by atoms with Crippen LogP contribution in [0.1, 0.15) is 18.1 Å². The van der Waals surface area contributed by atoms with Crippen LogP contribution in [0.4, 0.5) is 5.13 Å². The van der Waals surface area contributed by atoms with Gasteiger partial charge < -0.3 is 24.1 Å². The Bertz CT molecular complexity index is 1390. The molecule has 0 saturated carbocycles. The largest absolute Gasteiger partial charge is 0.493 e. The Labute approximate surface area is 224 Å². The molecule has 0 aliphatic rings. The first-order valence-electron chi connectivity index (χ1n) is 11.6. The number of aromatic nitrogens is 4. The summed E-state index contributed by atoms with van der Waals surface area (Å²) in [5.41, 5.74) is 5.08. The first kappa shape index (κ1) is 26.5. The summed E-state index contributed by atoms with van der Waals surface area (Å²) in [4.78, 5) is 17.3. The molecule has 0 aliphatic carbocycles. The second-order valence-corrected chi connectivity index (χ2v) is 9.94. The minimum absolute atomic E-state index is 0.161. The number of rotatable bonds is 10. The average Bonchev–Trinajstić information content (AvgIpc) is 3.54. The van der Waals surface area contributed by atoms with Crippen LogP contribution in [0.3, 0.4) is 0 Å². The van der Waals surface area contributed by atoms with Gasteiger partial charge in [0.05, 0.1) is 32.8 Å². The molecule has 2 aromatic heterocycles. The van der Waals surface area contributed by atoms with Crippen LogP contribution in [-0.2, 0) is 11.3 Å². The molecular weight excluding hydrogens is 510 g/mol. The summed E-state index contributed by atoms with van der Waals surface area (Å²) in [6.45, 7) is 6.78. The van der Waals surface area contributed by atoms with E-state index in [1.807, 2.05) is 35.1 Å². The fourth-order valence-electron chi connectivity index (χ4n) is 3.75. The maximum atomic E-state index is 12.7. The first-order valence-corrected chi connectivity index (χ1v) is 13.4. The Kier molecular flexibility index (Phi) is 8.34. The van der Waals surface area contributed by atoms with Gasteiger partial charge in [-0.3, -0.25) is 4.79 Å². The lowest BCUT2D eigenvalue weighted by atomic mass is 10.1. The molecule has 2 aromatic carbocycles. The van der Waals surface area contributed by atoms with Crippen molar-refractivity contribution in [3.8, 4) is 39.9 Å². The third-order valence-electron chi connectivity index (χ3n) is 5.84. The van der Waals surface area contributed by atoms with E-state index in [1.54, 1.807) is 21.3 Å². The molecule has 194 valence electrons. The number of aryl methyl sites for hydroxylation is 2. The second-order valence-electron chi connectivity index (χ2n) is 8.14. The Morgan fingerprint density at radius 1 is 1.00 bits per heavy atom. The van der Waals surface area contributed by atoms with Crippen LogP contribution in [0.5, 0.6) is 17.2 Å². The van der Waals surface area contributed by atoms with Crippen LogP contribution in [0.25, 0.3) is 22.6 Å². The number of ether oxygens (including phenoxy) is 3. The van der Waals surface area contributed by atoms with Crippen LogP contribution in [-0.4, -0.2) is 52.7 Å². The summed E-state index contributed by atoms with van der Waals surface area (Å²) < 4.78 is 18.3. The van der Waals surface area contributed by atoms with E-state index in [-0.39, 0.29) is 11.7 Å². The Morgan fingerprint density at radius 3 is 2.35 bits per heavy atom. The number of hydrogen-bond acceptors (Lipinski definition) is 9. The molecule has 0 atom stereocenters. The maximum Gasteiger partial charge on any atom is 0.236 e. The van der Waals surface area contributed by atoms with Gasteiger partial charge in [-0.2, -0.15) is 0 Å². The summed E-state index contributed by atoms with van der Waals surface area (Å²) >= 11 is 2.72. The Balaban J connectivity index is 1.46. The van der Waals surface area contributed by atoms with E-state index in [4.69, 9.17) is 14.2 Å². The highest BCUT2D eigenvalue weighted by Crippen LogP contribution is 2.41. The van der Waals surface area contributed by atoms with Crippen LogP contribution in [0.15, 0.2) is 40.9 Å². The number of carbonyl (C=O) groups excluding carboxylic acids is 1. The molecule has 1 N–H and O–H groups in total. The highest BCUT2D eigenvalue weighted by atomic mass is 32.2. The number of nitrogens with one attached hydrogen (secondary N) is 1. The van der Waals surface area contributed by atoms with E-state index in [0.717, 1.165) is 16.8 Å². The number of anilines is 1. The van der Waals surface area contributed by atoms with E-state index >= 15 is 0 Å². The van der Waals surface area contributed by atoms with Crippen LogP contribution >= 0.6 is 23.1 Å². The molecule has 0 saturated heterocycles. The Morgan fingerprint density at radius 2 is 1.73 bits per heavy atom. The summed E-state index contributed by atoms with van der Waals surface area (Å²) in [6, 6.07) is 9.88. The molecule has 1 amide bonds. The zero-order valence-electron chi connectivity index (χ0n) is 21.6. The zero-order valence-corrected chi connectivity index (χ0v) is 23.2. The van der Waals surface area contributed by atoms with Crippen LogP contribution in [0.2, 0.25) is 0 Å². The van der Waals surface area contributed by atoms with Gasteiger partial charge in [-0.1, -0.05) is 23.9 Å². The quantitative estimate of drug-likeness (QED) is 0.265. The molecule has 9 nitrogen and oxygen atoms in total. The minimum atomic E-state index is -0.161. The van der Waals surface area contributed by atoms with Crippen molar-refractivity contribution in [2.45, 2.75) is 32.5 Å².